The van der Waals surface area contributed by atoms with Gasteiger partial charge in [0.1, 0.15) is 12.4 Å². The van der Waals surface area contributed by atoms with Gasteiger partial charge in [0, 0.05) is 25.3 Å². The molecule has 4 nitrogen and oxygen atoms in total. The van der Waals surface area contributed by atoms with Crippen LogP contribution < -0.4 is 4.90 Å². The van der Waals surface area contributed by atoms with Crippen molar-refractivity contribution in [2.45, 2.75) is 38.8 Å². The molecule has 0 aliphatic carbocycles. The number of rotatable bonds is 3. The number of morpholine rings is 1. The molecule has 0 radical (unpaired) electrons. The van der Waals surface area contributed by atoms with Crippen LogP contribution in [0, 0.1) is 19.7 Å². The molecule has 2 heterocycles. The first kappa shape index (κ1) is 19.1. The van der Waals surface area contributed by atoms with Crippen molar-refractivity contribution in [3.63, 3.8) is 0 Å². The Morgan fingerprint density at radius 3 is 2.46 bits per heavy atom. The van der Waals surface area contributed by atoms with Gasteiger partial charge >= 0.3 is 0 Å². The number of aryl methyl sites for hydroxylation is 2. The zero-order valence-corrected chi connectivity index (χ0v) is 16.6. The van der Waals surface area contributed by atoms with Crippen molar-refractivity contribution in [3.05, 3.63) is 65.0 Å². The van der Waals surface area contributed by atoms with E-state index in [1.165, 1.54) is 28.8 Å². The number of anilines is 1. The van der Waals surface area contributed by atoms with E-state index in [2.05, 4.69) is 36.9 Å². The van der Waals surface area contributed by atoms with Crippen LogP contribution in [0.4, 0.5) is 10.1 Å². The highest BCUT2D eigenvalue weighted by Gasteiger charge is 2.42. The third kappa shape index (κ3) is 3.96. The van der Waals surface area contributed by atoms with Gasteiger partial charge in [-0.1, -0.05) is 23.8 Å². The van der Waals surface area contributed by atoms with E-state index in [0.29, 0.717) is 6.54 Å². The fourth-order valence-electron chi connectivity index (χ4n) is 4.26. The SMILES string of the molecule is Cc1ccc(CN2CCC3(CC2)CN(c2ccc(F)cc2)C(=O)CO3)c(C)c1. The minimum Gasteiger partial charge on any atom is -0.363 e. The lowest BCUT2D eigenvalue weighted by molar-refractivity contribution is -0.144. The lowest BCUT2D eigenvalue weighted by Gasteiger charge is -2.47. The maximum absolute atomic E-state index is 13.2. The average molecular weight is 382 g/mol. The molecule has 0 atom stereocenters. The quantitative estimate of drug-likeness (QED) is 0.809. The van der Waals surface area contributed by atoms with Crippen molar-refractivity contribution in [2.75, 3.05) is 31.1 Å². The van der Waals surface area contributed by atoms with Crippen LogP contribution >= 0.6 is 0 Å². The molecule has 2 aromatic rings. The Morgan fingerprint density at radius 1 is 1.07 bits per heavy atom. The molecule has 2 aliphatic heterocycles. The molecular weight excluding hydrogens is 355 g/mol. The molecule has 1 amide bonds. The van der Waals surface area contributed by atoms with E-state index in [1.54, 1.807) is 17.0 Å². The van der Waals surface area contributed by atoms with Crippen LogP contribution in [0.2, 0.25) is 0 Å². The molecule has 28 heavy (non-hydrogen) atoms. The van der Waals surface area contributed by atoms with Crippen LogP contribution in [0.3, 0.4) is 0 Å². The maximum atomic E-state index is 13.2. The smallest absolute Gasteiger partial charge is 0.253 e. The molecule has 0 unspecified atom stereocenters. The second-order valence-electron chi connectivity index (χ2n) is 8.13. The number of hydrogen-bond donors (Lipinski definition) is 0. The van der Waals surface area contributed by atoms with Gasteiger partial charge in [-0.25, -0.2) is 4.39 Å². The van der Waals surface area contributed by atoms with Gasteiger partial charge in [0.25, 0.3) is 5.91 Å². The lowest BCUT2D eigenvalue weighted by atomic mass is 9.88. The van der Waals surface area contributed by atoms with E-state index in [9.17, 15) is 9.18 Å². The highest BCUT2D eigenvalue weighted by atomic mass is 19.1. The molecule has 0 bridgehead atoms. The first-order valence-electron chi connectivity index (χ1n) is 9.93. The summed E-state index contributed by atoms with van der Waals surface area (Å²) >= 11 is 0. The molecule has 148 valence electrons. The van der Waals surface area contributed by atoms with E-state index in [0.717, 1.165) is 38.2 Å². The van der Waals surface area contributed by atoms with Gasteiger partial charge in [-0.05, 0) is 62.1 Å². The predicted molar refractivity (Wildman–Crippen MR) is 108 cm³/mol. The molecule has 0 aromatic heterocycles. The summed E-state index contributed by atoms with van der Waals surface area (Å²) in [4.78, 5) is 16.6. The highest BCUT2D eigenvalue weighted by Crippen LogP contribution is 2.33. The molecule has 5 heteroatoms. The van der Waals surface area contributed by atoms with Gasteiger partial charge in [-0.3, -0.25) is 9.69 Å². The van der Waals surface area contributed by atoms with Crippen molar-refractivity contribution in [2.24, 2.45) is 0 Å². The van der Waals surface area contributed by atoms with Crippen LogP contribution in [-0.2, 0) is 16.1 Å². The Hall–Kier alpha value is -2.24. The van der Waals surface area contributed by atoms with Crippen molar-refractivity contribution in [1.82, 2.24) is 4.90 Å². The minimum atomic E-state index is -0.304. The zero-order chi connectivity index (χ0) is 19.7. The van der Waals surface area contributed by atoms with E-state index in [4.69, 9.17) is 4.74 Å². The molecule has 2 aromatic carbocycles. The molecule has 0 N–H and O–H groups in total. The first-order chi connectivity index (χ1) is 13.4. The molecule has 4 rings (SSSR count). The molecule has 0 saturated carbocycles. The fraction of sp³-hybridized carbons (Fsp3) is 0.435. The number of piperidine rings is 1. The van der Waals surface area contributed by atoms with E-state index >= 15 is 0 Å². The molecule has 2 saturated heterocycles. The third-order valence-corrected chi connectivity index (χ3v) is 6.05. The number of halogens is 1. The maximum Gasteiger partial charge on any atom is 0.253 e. The summed E-state index contributed by atoms with van der Waals surface area (Å²) in [6.45, 7) is 7.75. The number of carbonyl (C=O) groups excluding carboxylic acids is 1. The third-order valence-electron chi connectivity index (χ3n) is 6.05. The fourth-order valence-corrected chi connectivity index (χ4v) is 4.26. The normalized spacial score (nSPS) is 20.0. The van der Waals surface area contributed by atoms with Crippen LogP contribution in [0.1, 0.15) is 29.5 Å². The standard InChI is InChI=1S/C23H27FN2O2/c1-17-3-4-19(18(2)13-17)14-25-11-9-23(10-12-25)16-26(22(27)15-28-23)21-7-5-20(24)6-8-21/h3-8,13H,9-12,14-16H2,1-2H3. The molecule has 1 spiro atoms. The number of hydrogen-bond acceptors (Lipinski definition) is 3. The van der Waals surface area contributed by atoms with Gasteiger partial charge < -0.3 is 9.64 Å². The van der Waals surface area contributed by atoms with Crippen molar-refractivity contribution in [3.8, 4) is 0 Å². The second-order valence-corrected chi connectivity index (χ2v) is 8.13. The van der Waals surface area contributed by atoms with Gasteiger partial charge in [0.05, 0.1) is 12.1 Å². The summed E-state index contributed by atoms with van der Waals surface area (Å²) in [6, 6.07) is 12.8. The van der Waals surface area contributed by atoms with Gasteiger partial charge in [-0.15, -0.1) is 0 Å². The number of amides is 1. The van der Waals surface area contributed by atoms with Crippen LogP contribution in [-0.4, -0.2) is 42.6 Å². The van der Waals surface area contributed by atoms with Crippen molar-refractivity contribution >= 4 is 11.6 Å². The van der Waals surface area contributed by atoms with E-state index in [1.807, 2.05) is 0 Å². The van der Waals surface area contributed by atoms with Crippen LogP contribution in [0.5, 0.6) is 0 Å². The monoisotopic (exact) mass is 382 g/mol. The van der Waals surface area contributed by atoms with Gasteiger partial charge in [0.15, 0.2) is 0 Å². The number of ether oxygens (including phenoxy) is 1. The predicted octanol–water partition coefficient (Wildman–Crippen LogP) is 3.84. The molecule has 2 aliphatic rings. The summed E-state index contributed by atoms with van der Waals surface area (Å²) in [5.41, 5.74) is 4.43. The minimum absolute atomic E-state index is 0.0602. The van der Waals surface area contributed by atoms with Gasteiger partial charge in [-0.2, -0.15) is 0 Å². The number of likely N-dealkylation sites (tertiary alicyclic amines) is 1. The summed E-state index contributed by atoms with van der Waals surface area (Å²) in [5, 5.41) is 0. The summed E-state index contributed by atoms with van der Waals surface area (Å²) < 4.78 is 19.3. The molecular formula is C23H27FN2O2. The zero-order valence-electron chi connectivity index (χ0n) is 16.6. The summed E-state index contributed by atoms with van der Waals surface area (Å²) in [5.74, 6) is -0.353. The Morgan fingerprint density at radius 2 is 1.79 bits per heavy atom. The van der Waals surface area contributed by atoms with E-state index in [-0.39, 0.29) is 23.9 Å². The average Bonchev–Trinajstić information content (AvgIpc) is 2.69. The second kappa shape index (κ2) is 7.64. The number of carbonyl (C=O) groups is 1. The lowest BCUT2D eigenvalue weighted by Crippen LogP contribution is -2.58. The highest BCUT2D eigenvalue weighted by molar-refractivity contribution is 5.95. The van der Waals surface area contributed by atoms with Crippen LogP contribution in [0.25, 0.3) is 0 Å². The Labute approximate surface area is 165 Å². The van der Waals surface area contributed by atoms with Gasteiger partial charge in [0.2, 0.25) is 0 Å². The topological polar surface area (TPSA) is 32.8 Å². The van der Waals surface area contributed by atoms with E-state index < -0.39 is 0 Å². The summed E-state index contributed by atoms with van der Waals surface area (Å²) in [6.07, 6.45) is 1.78. The van der Waals surface area contributed by atoms with Crippen molar-refractivity contribution in [1.29, 1.82) is 0 Å². The number of benzene rings is 2. The van der Waals surface area contributed by atoms with Crippen LogP contribution in [0.15, 0.2) is 42.5 Å². The largest absolute Gasteiger partial charge is 0.363 e. The Balaban J connectivity index is 1.41. The summed E-state index contributed by atoms with van der Waals surface area (Å²) in [7, 11) is 0. The number of nitrogens with zero attached hydrogens (tertiary/aromatic N) is 2. The Bertz CT molecular complexity index is 857. The molecule has 2 fully saturated rings. The van der Waals surface area contributed by atoms with Crippen molar-refractivity contribution < 1.29 is 13.9 Å². The Kier molecular flexibility index (Phi) is 5.21. The first-order valence-corrected chi connectivity index (χ1v) is 9.93.